The number of carbonyl (C=O) groups excluding carboxylic acids is 2. The summed E-state index contributed by atoms with van der Waals surface area (Å²) in [4.78, 5) is 38.8. The highest BCUT2D eigenvalue weighted by atomic mass is 35.5. The van der Waals surface area contributed by atoms with Gasteiger partial charge >= 0.3 is 24.7 Å². The zero-order valence-electron chi connectivity index (χ0n) is 36.1. The number of nitrogens with zero attached hydrogens (tertiary/aromatic N) is 6. The summed E-state index contributed by atoms with van der Waals surface area (Å²) in [6, 6.07) is 4.25. The normalized spacial score (nSPS) is 20.6. The van der Waals surface area contributed by atoms with Crippen LogP contribution in [0.2, 0.25) is 30.1 Å². The van der Waals surface area contributed by atoms with Crippen LogP contribution in [0.1, 0.15) is 78.6 Å². The highest BCUT2D eigenvalue weighted by Gasteiger charge is 2.61. The van der Waals surface area contributed by atoms with Crippen molar-refractivity contribution < 1.29 is 62.3 Å². The molecule has 0 radical (unpaired) electrons. The Morgan fingerprint density at radius 2 is 0.972 bits per heavy atom. The summed E-state index contributed by atoms with van der Waals surface area (Å²) >= 11 is 40.5. The van der Waals surface area contributed by atoms with Gasteiger partial charge in [-0.15, -0.1) is 0 Å². The van der Waals surface area contributed by atoms with E-state index < -0.39 is 91.3 Å². The number of hydrogen-bond donors (Lipinski definition) is 1. The summed E-state index contributed by atoms with van der Waals surface area (Å²) in [6.45, 7) is -2.42. The van der Waals surface area contributed by atoms with E-state index in [4.69, 9.17) is 86.9 Å². The molecule has 2 aromatic carbocycles. The average molecular weight is 1160 g/mol. The summed E-state index contributed by atoms with van der Waals surface area (Å²) in [7, 11) is 0. The smallest absolute Gasteiger partial charge is 0.340 e. The van der Waals surface area contributed by atoms with Gasteiger partial charge in [-0.2, -0.15) is 52.7 Å². The van der Waals surface area contributed by atoms with Gasteiger partial charge in [0, 0.05) is 74.5 Å². The van der Waals surface area contributed by atoms with Crippen LogP contribution in [-0.2, 0) is 45.7 Å². The molecule has 2 aliphatic heterocycles. The van der Waals surface area contributed by atoms with E-state index in [0.29, 0.717) is 0 Å². The van der Waals surface area contributed by atoms with Gasteiger partial charge in [-0.1, -0.05) is 69.6 Å². The fourth-order valence-electron chi connectivity index (χ4n) is 7.99. The van der Waals surface area contributed by atoms with Crippen LogP contribution in [-0.4, -0.2) is 69.5 Å². The lowest BCUT2D eigenvalue weighted by atomic mass is 9.79. The second kappa shape index (κ2) is 21.5. The van der Waals surface area contributed by atoms with Crippen molar-refractivity contribution in [1.29, 1.82) is 0 Å². The number of alkyl halides is 12. The maximum absolute atomic E-state index is 14.3. The van der Waals surface area contributed by atoms with Crippen molar-refractivity contribution in [2.75, 3.05) is 36.0 Å². The average Bonchev–Trinajstić information content (AvgIpc) is 4.22. The molecule has 4 aliphatic rings. The molecule has 0 amide bonds. The number of anilines is 2. The minimum absolute atomic E-state index is 0.0740. The molecule has 2 aromatic heterocycles. The Hall–Kier alpha value is -3.31. The fraction of sp³-hybridized carbons (Fsp3) is 0.488. The molecule has 388 valence electrons. The van der Waals surface area contributed by atoms with Crippen molar-refractivity contribution in [2.24, 2.45) is 17.6 Å². The van der Waals surface area contributed by atoms with Gasteiger partial charge in [-0.3, -0.25) is 9.59 Å². The lowest BCUT2D eigenvalue weighted by Crippen LogP contribution is -2.45. The Bertz CT molecular complexity index is 2600. The van der Waals surface area contributed by atoms with Gasteiger partial charge in [0.25, 0.3) is 0 Å². The van der Waals surface area contributed by atoms with Gasteiger partial charge in [0.15, 0.2) is 11.4 Å². The molecule has 28 heteroatoms. The van der Waals surface area contributed by atoms with Crippen LogP contribution in [0.4, 0.5) is 64.6 Å². The highest BCUT2D eigenvalue weighted by Crippen LogP contribution is 2.52. The molecule has 2 atom stereocenters. The quantitative estimate of drug-likeness (QED) is 0.0941. The second-order valence-corrected chi connectivity index (χ2v) is 19.9. The fourth-order valence-corrected chi connectivity index (χ4v) is 9.40. The van der Waals surface area contributed by atoms with Crippen molar-refractivity contribution in [2.45, 2.75) is 93.4 Å². The molecule has 2 saturated carbocycles. The number of aromatic nitrogens is 4. The molecule has 9 nitrogen and oxygen atoms in total. The van der Waals surface area contributed by atoms with Crippen molar-refractivity contribution in [3.05, 3.63) is 100 Å². The van der Waals surface area contributed by atoms with Gasteiger partial charge in [0.2, 0.25) is 17.1 Å². The first-order valence-corrected chi connectivity index (χ1v) is 23.7. The number of rotatable bonds is 10. The van der Waals surface area contributed by atoms with E-state index >= 15 is 0 Å². The van der Waals surface area contributed by atoms with Crippen LogP contribution < -0.4 is 15.5 Å². The van der Waals surface area contributed by atoms with E-state index in [1.54, 1.807) is 0 Å². The largest absolute Gasteiger partial charge is 0.433 e. The van der Waals surface area contributed by atoms with Crippen LogP contribution in [0.3, 0.4) is 0 Å². The molecule has 2 saturated heterocycles. The van der Waals surface area contributed by atoms with Crippen LogP contribution in [0.25, 0.3) is 0 Å². The minimum atomic E-state index is -4.87. The van der Waals surface area contributed by atoms with E-state index in [-0.39, 0.29) is 101 Å². The molecule has 0 spiro atoms. The summed E-state index contributed by atoms with van der Waals surface area (Å²) in [5, 5.41) is -1.01. The Morgan fingerprint density at radius 3 is 1.28 bits per heavy atom. The minimum Gasteiger partial charge on any atom is -0.340 e. The van der Waals surface area contributed by atoms with E-state index in [0.717, 1.165) is 72.1 Å². The Kier molecular flexibility index (Phi) is 17.3. The molecule has 2 N–H and O–H groups in total. The van der Waals surface area contributed by atoms with Gasteiger partial charge < -0.3 is 15.5 Å². The lowest BCUT2D eigenvalue weighted by Gasteiger charge is -2.32. The number of aryl methyl sites for hydroxylation is 1. The third-order valence-corrected chi connectivity index (χ3v) is 15.0. The SMILES string of the molecule is NCc1cnc(N2CCC(c3cc(Cl)c(Cl)c(Cl)c3)(C(F)(F)F)C2)nc1C(F)(F)F.O=C(CCc1cnc(N2CCC(c3cc(Cl)c(Cl)c(Cl)c3)(C(F)(F)F)C2)nc1C(F)(F)F)C1CC1.O=C(Cl)C1CC1. The molecule has 2 aliphatic carbocycles. The van der Waals surface area contributed by atoms with Crippen molar-refractivity contribution in [3.63, 3.8) is 0 Å². The molecule has 71 heavy (non-hydrogen) atoms. The summed E-state index contributed by atoms with van der Waals surface area (Å²) < 4.78 is 166. The zero-order chi connectivity index (χ0) is 52.8. The summed E-state index contributed by atoms with van der Waals surface area (Å²) in [6.07, 6.45) is -15.1. The molecule has 8 rings (SSSR count). The maximum atomic E-state index is 14.3. The number of halogens is 19. The van der Waals surface area contributed by atoms with Gasteiger partial charge in [0.1, 0.15) is 16.6 Å². The zero-order valence-corrected chi connectivity index (χ0v) is 41.4. The van der Waals surface area contributed by atoms with Gasteiger partial charge in [0.05, 0.1) is 30.1 Å². The van der Waals surface area contributed by atoms with Crippen LogP contribution >= 0.6 is 81.2 Å². The third kappa shape index (κ3) is 12.8. The standard InChI is InChI=1S/C22H18Cl3F6N3O.C17H13Cl3F6N4.C4H5ClO/c23-14-7-13(8-15(24)17(14)25)20(22(29,30)31)5-6-34(10-20)19-32-9-12(18(33-19)21(26,27)28)3-4-16(35)11-1-2-11;18-10-3-9(4-11(19)12(10)20)15(17(24,25)26)1-2-30(7-15)14-28-6-8(5-27)13(29-14)16(21,22)23;5-4(6)3-1-2-3/h7-9,11H,1-6,10H2;3-4,6H,1-2,5,7,27H2;3H,1-2H2. The Balaban J connectivity index is 0.000000209. The molecule has 0 bridgehead atoms. The van der Waals surface area contributed by atoms with Crippen molar-refractivity contribution >= 4 is 104 Å². The first kappa shape index (κ1) is 57.0. The molecule has 4 heterocycles. The van der Waals surface area contributed by atoms with Crippen molar-refractivity contribution in [1.82, 2.24) is 19.9 Å². The molecule has 2 unspecified atom stereocenters. The molecule has 4 aromatic rings. The summed E-state index contributed by atoms with van der Waals surface area (Å²) in [5.74, 6) is -0.938. The second-order valence-electron chi connectivity index (χ2n) is 17.1. The van der Waals surface area contributed by atoms with E-state index in [2.05, 4.69) is 19.9 Å². The van der Waals surface area contributed by atoms with Crippen LogP contribution in [0.5, 0.6) is 0 Å². The van der Waals surface area contributed by atoms with Crippen LogP contribution in [0.15, 0.2) is 36.7 Å². The monoisotopic (exact) mass is 1160 g/mol. The van der Waals surface area contributed by atoms with Crippen LogP contribution in [0, 0.1) is 11.8 Å². The third-order valence-electron chi connectivity index (χ3n) is 12.3. The lowest BCUT2D eigenvalue weighted by molar-refractivity contribution is -0.185. The first-order valence-electron chi connectivity index (χ1n) is 21.0. The highest BCUT2D eigenvalue weighted by molar-refractivity contribution is 6.64. The predicted molar refractivity (Wildman–Crippen MR) is 244 cm³/mol. The molecular weight excluding hydrogens is 1120 g/mol. The van der Waals surface area contributed by atoms with Crippen molar-refractivity contribution in [3.8, 4) is 0 Å². The predicted octanol–water partition coefficient (Wildman–Crippen LogP) is 13.9. The number of hydrogen-bond acceptors (Lipinski definition) is 9. The van der Waals surface area contributed by atoms with E-state index in [9.17, 15) is 62.3 Å². The van der Waals surface area contributed by atoms with Gasteiger partial charge in [-0.25, -0.2) is 19.9 Å². The Morgan fingerprint density at radius 1 is 0.606 bits per heavy atom. The topological polar surface area (TPSA) is 118 Å². The number of carbonyl (C=O) groups is 2. The first-order chi connectivity index (χ1) is 32.8. The molecular formula is C43H36Cl7F12N7O2. The summed E-state index contributed by atoms with van der Waals surface area (Å²) in [5.41, 5.74) is -3.29. The number of ketones is 1. The number of nitrogens with two attached hydrogens (primary N) is 1. The Labute approximate surface area is 431 Å². The number of benzene rings is 2. The van der Waals surface area contributed by atoms with E-state index in [1.165, 1.54) is 0 Å². The van der Waals surface area contributed by atoms with Gasteiger partial charge in [-0.05, 0) is 91.9 Å². The molecule has 4 fully saturated rings. The number of Topliss-reactive ketones (excluding diaryl/α,β-unsaturated/α-hetero) is 1. The maximum Gasteiger partial charge on any atom is 0.433 e. The van der Waals surface area contributed by atoms with E-state index in [1.807, 2.05) is 0 Å².